The topological polar surface area (TPSA) is 177 Å². The van der Waals surface area contributed by atoms with E-state index >= 15 is 0 Å². The Balaban J connectivity index is 1.72. The third kappa shape index (κ3) is 4.82. The Hall–Kier alpha value is -4.35. The van der Waals surface area contributed by atoms with Crippen molar-refractivity contribution >= 4 is 23.4 Å². The molecule has 2 aromatic carbocycles. The summed E-state index contributed by atoms with van der Waals surface area (Å²) in [5, 5.41) is 46.1. The Labute approximate surface area is 249 Å². The molecular weight excluding hydrogens is 554 g/mol. The van der Waals surface area contributed by atoms with E-state index in [0.29, 0.717) is 17.9 Å². The summed E-state index contributed by atoms with van der Waals surface area (Å²) in [7, 11) is 8.78. The number of aromatic hydroxyl groups is 1. The second-order valence-corrected chi connectivity index (χ2v) is 12.1. The minimum Gasteiger partial charge on any atom is -0.549 e. The maximum absolute atomic E-state index is 14.2. The number of nitrogens with two attached hydrogens (primary N) is 1. The van der Waals surface area contributed by atoms with Gasteiger partial charge < -0.3 is 40.6 Å². The van der Waals surface area contributed by atoms with E-state index in [1.807, 2.05) is 37.2 Å². The summed E-state index contributed by atoms with van der Waals surface area (Å²) >= 11 is 0. The number of Topliss-reactive ketones (excluding diaryl/α,β-unsaturated/α-hetero) is 1. The lowest BCUT2D eigenvalue weighted by Crippen LogP contribution is -2.58. The highest BCUT2D eigenvalue weighted by Crippen LogP contribution is 2.54. The van der Waals surface area contributed by atoms with Crippen LogP contribution in [0.25, 0.3) is 16.9 Å². The van der Waals surface area contributed by atoms with Crippen molar-refractivity contribution < 1.29 is 39.5 Å². The summed E-state index contributed by atoms with van der Waals surface area (Å²) in [6.07, 6.45) is 0.477. The summed E-state index contributed by atoms with van der Waals surface area (Å²) < 4.78 is 5.50. The number of benzene rings is 2. The number of primary amides is 1. The number of carboxylic acid groups (broad SMARTS) is 1. The van der Waals surface area contributed by atoms with E-state index in [9.17, 15) is 34.8 Å². The summed E-state index contributed by atoms with van der Waals surface area (Å²) in [5.74, 6) is -8.45. The lowest BCUT2D eigenvalue weighted by molar-refractivity contribution is -0.312. The summed E-state index contributed by atoms with van der Waals surface area (Å²) in [5.41, 5.74) is 8.25. The molecule has 0 spiro atoms. The number of fused-ring (bicyclic) bond motifs is 3. The van der Waals surface area contributed by atoms with Crippen LogP contribution in [-0.4, -0.2) is 84.1 Å². The van der Waals surface area contributed by atoms with Gasteiger partial charge in [-0.25, -0.2) is 0 Å². The number of hydrogen-bond donors (Lipinski definition) is 4. The predicted molar refractivity (Wildman–Crippen MR) is 156 cm³/mol. The van der Waals surface area contributed by atoms with Crippen LogP contribution in [0.1, 0.15) is 23.1 Å². The zero-order chi connectivity index (χ0) is 31.5. The molecule has 0 aromatic heterocycles. The molecule has 1 amide bonds. The number of ketones is 1. The molecule has 11 heteroatoms. The number of nitrogens with zero attached hydrogens (tertiary/aromatic N) is 2. The van der Waals surface area contributed by atoms with E-state index in [1.165, 1.54) is 6.07 Å². The summed E-state index contributed by atoms with van der Waals surface area (Å²) in [6, 6.07) is 8.08. The number of ether oxygens (including phenoxy) is 1. The van der Waals surface area contributed by atoms with Gasteiger partial charge in [0.15, 0.2) is 5.78 Å². The van der Waals surface area contributed by atoms with Gasteiger partial charge in [0, 0.05) is 29.9 Å². The monoisotopic (exact) mass is 590 g/mol. The fourth-order valence-corrected chi connectivity index (χ4v) is 7.42. The van der Waals surface area contributed by atoms with Gasteiger partial charge in [-0.1, -0.05) is 12.1 Å². The molecule has 0 saturated heterocycles. The SMILES string of the molecule is COc1ccc(CN(C)C)c(-c2ccc(O)c3c2CC2CC4C(C(=O)C2=C3O)C(C(=O)[O-])C(C(N)=O)=C(O)[C@H]4N(C)C)c1. The molecule has 5 atom stereocenters. The van der Waals surface area contributed by atoms with Gasteiger partial charge in [-0.05, 0) is 93.3 Å². The van der Waals surface area contributed by atoms with Crippen molar-refractivity contribution in [1.29, 1.82) is 0 Å². The van der Waals surface area contributed by atoms with Crippen LogP contribution in [0.2, 0.25) is 0 Å². The summed E-state index contributed by atoms with van der Waals surface area (Å²) in [6.45, 7) is 0.608. The third-order valence-electron chi connectivity index (χ3n) is 9.03. The molecule has 1 saturated carbocycles. The van der Waals surface area contributed by atoms with Crippen LogP contribution >= 0.6 is 0 Å². The molecule has 4 unspecified atom stereocenters. The van der Waals surface area contributed by atoms with Crippen molar-refractivity contribution in [2.75, 3.05) is 35.3 Å². The first kappa shape index (κ1) is 30.1. The standard InChI is InChI=1S/C32H37N3O8/c1-34(2)13-14-6-7-16(43-5)12-18(14)17-8-9-21(36)23-19(17)10-15-11-20-24(29(38)22(15)28(23)37)25(32(41)42)26(31(33)40)30(39)27(20)35(3)4/h6-9,12,15,20,24-25,27,36-37,39H,10-11,13H2,1-5H3,(H2,33,40)(H,41,42)/p-1/t15?,20?,24?,25?,27-/m0/s1. The fourth-order valence-electron chi connectivity index (χ4n) is 7.42. The number of phenols is 1. The molecule has 11 nitrogen and oxygen atoms in total. The van der Waals surface area contributed by atoms with Crippen LogP contribution < -0.4 is 15.6 Å². The number of methoxy groups -OCH3 is 1. The van der Waals surface area contributed by atoms with Gasteiger partial charge in [0.05, 0.1) is 24.3 Å². The van der Waals surface area contributed by atoms with E-state index in [0.717, 1.165) is 16.7 Å². The van der Waals surface area contributed by atoms with E-state index in [2.05, 4.69) is 0 Å². The van der Waals surface area contributed by atoms with Crippen LogP contribution in [0.5, 0.6) is 11.5 Å². The number of allylic oxidation sites excluding steroid dienone is 1. The van der Waals surface area contributed by atoms with Crippen LogP contribution in [-0.2, 0) is 27.3 Å². The molecule has 43 heavy (non-hydrogen) atoms. The highest BCUT2D eigenvalue weighted by atomic mass is 16.5. The lowest BCUT2D eigenvalue weighted by atomic mass is 9.56. The fraction of sp³-hybridized carbons (Fsp3) is 0.406. The zero-order valence-corrected chi connectivity index (χ0v) is 24.7. The molecule has 0 radical (unpaired) electrons. The van der Waals surface area contributed by atoms with Crippen LogP contribution in [0.3, 0.4) is 0 Å². The minimum absolute atomic E-state index is 0.00526. The molecule has 0 aliphatic heterocycles. The Kier molecular flexibility index (Phi) is 7.74. The Morgan fingerprint density at radius 2 is 1.77 bits per heavy atom. The van der Waals surface area contributed by atoms with E-state index in [1.54, 1.807) is 32.2 Å². The first-order chi connectivity index (χ1) is 20.3. The van der Waals surface area contributed by atoms with Crippen molar-refractivity contribution in [3.8, 4) is 22.6 Å². The first-order valence-electron chi connectivity index (χ1n) is 14.0. The number of carbonyl (C=O) groups is 3. The average molecular weight is 591 g/mol. The molecule has 2 aromatic rings. The molecule has 3 aliphatic rings. The van der Waals surface area contributed by atoms with Crippen molar-refractivity contribution in [1.82, 2.24) is 9.80 Å². The second kappa shape index (κ2) is 11.1. The number of amides is 1. The first-order valence-corrected chi connectivity index (χ1v) is 14.0. The van der Waals surface area contributed by atoms with Crippen LogP contribution in [0.4, 0.5) is 0 Å². The number of aliphatic hydroxyl groups is 2. The minimum atomic E-state index is -1.79. The molecule has 5 rings (SSSR count). The van der Waals surface area contributed by atoms with Gasteiger partial charge in [-0.15, -0.1) is 0 Å². The van der Waals surface area contributed by atoms with Gasteiger partial charge >= 0.3 is 0 Å². The van der Waals surface area contributed by atoms with E-state index in [-0.39, 0.29) is 29.7 Å². The van der Waals surface area contributed by atoms with Crippen molar-refractivity contribution in [3.05, 3.63) is 63.9 Å². The number of carboxylic acids is 1. The largest absolute Gasteiger partial charge is 0.549 e. The predicted octanol–water partition coefficient (Wildman–Crippen LogP) is 1.38. The zero-order valence-electron chi connectivity index (χ0n) is 24.7. The molecule has 1 fully saturated rings. The van der Waals surface area contributed by atoms with Crippen LogP contribution in [0, 0.1) is 23.7 Å². The van der Waals surface area contributed by atoms with Crippen LogP contribution in [0.15, 0.2) is 47.2 Å². The highest BCUT2D eigenvalue weighted by Gasteiger charge is 2.56. The number of likely N-dealkylation sites (N-methyl/N-ethyl adjacent to an activating group) is 1. The van der Waals surface area contributed by atoms with E-state index in [4.69, 9.17) is 10.5 Å². The molecule has 0 bridgehead atoms. The number of hydrogen-bond acceptors (Lipinski definition) is 10. The number of aliphatic hydroxyl groups excluding tert-OH is 2. The molecule has 228 valence electrons. The van der Waals surface area contributed by atoms with Gasteiger partial charge in [0.2, 0.25) is 5.91 Å². The number of phenolic OH excluding ortho intramolecular Hbond substituents is 1. The number of aliphatic carboxylic acids is 1. The van der Waals surface area contributed by atoms with Crippen molar-refractivity contribution in [2.24, 2.45) is 29.4 Å². The lowest BCUT2D eigenvalue weighted by Gasteiger charge is -2.50. The smallest absolute Gasteiger partial charge is 0.248 e. The quantitative estimate of drug-likeness (QED) is 0.368. The summed E-state index contributed by atoms with van der Waals surface area (Å²) in [4.78, 5) is 42.6. The molecular formula is C32H36N3O8-. The second-order valence-electron chi connectivity index (χ2n) is 12.1. The Morgan fingerprint density at radius 1 is 1.07 bits per heavy atom. The third-order valence-corrected chi connectivity index (χ3v) is 9.03. The van der Waals surface area contributed by atoms with E-state index < -0.39 is 64.5 Å². The molecule has 0 heterocycles. The van der Waals surface area contributed by atoms with Gasteiger partial charge in [-0.2, -0.15) is 0 Å². The maximum atomic E-state index is 14.2. The normalized spacial score (nSPS) is 25.0. The Morgan fingerprint density at radius 3 is 2.35 bits per heavy atom. The van der Waals surface area contributed by atoms with Gasteiger partial charge in [-0.3, -0.25) is 14.5 Å². The number of rotatable bonds is 7. The van der Waals surface area contributed by atoms with Crippen molar-refractivity contribution in [3.63, 3.8) is 0 Å². The average Bonchev–Trinajstić information content (AvgIpc) is 2.92. The molecule has 3 aliphatic carbocycles. The Bertz CT molecular complexity index is 1590. The highest BCUT2D eigenvalue weighted by molar-refractivity contribution is 6.09. The van der Waals surface area contributed by atoms with Gasteiger partial charge in [0.25, 0.3) is 0 Å². The maximum Gasteiger partial charge on any atom is 0.248 e. The molecule has 5 N–H and O–H groups in total. The van der Waals surface area contributed by atoms with Crippen molar-refractivity contribution in [2.45, 2.75) is 25.4 Å². The number of carbonyl (C=O) groups excluding carboxylic acids is 3. The van der Waals surface area contributed by atoms with Gasteiger partial charge in [0.1, 0.15) is 23.0 Å².